The van der Waals surface area contributed by atoms with Crippen molar-refractivity contribution in [3.8, 4) is 0 Å². The maximum Gasteiger partial charge on any atom is 0.249 e. The van der Waals surface area contributed by atoms with Crippen LogP contribution in [0.5, 0.6) is 0 Å². The van der Waals surface area contributed by atoms with Crippen molar-refractivity contribution in [1.29, 1.82) is 0 Å². The molecule has 0 unspecified atom stereocenters. The van der Waals surface area contributed by atoms with Crippen molar-refractivity contribution < 1.29 is 14.3 Å². The average Bonchev–Trinajstić information content (AvgIpc) is 2.69. The van der Waals surface area contributed by atoms with Crippen molar-refractivity contribution in [1.82, 2.24) is 9.80 Å². The van der Waals surface area contributed by atoms with Gasteiger partial charge in [-0.1, -0.05) is 54.6 Å². The number of carbonyl (C=O) groups is 2. The Bertz CT molecular complexity index is 806. The van der Waals surface area contributed by atoms with E-state index in [2.05, 4.69) is 12.1 Å². The van der Waals surface area contributed by atoms with Crippen LogP contribution < -0.4 is 0 Å². The van der Waals surface area contributed by atoms with Crippen LogP contribution >= 0.6 is 0 Å². The van der Waals surface area contributed by atoms with Gasteiger partial charge in [0, 0.05) is 19.6 Å². The quantitative estimate of drug-likeness (QED) is 0.851. The van der Waals surface area contributed by atoms with E-state index < -0.39 is 6.04 Å². The molecule has 5 heteroatoms. The Kier molecular flexibility index (Phi) is 4.71. The van der Waals surface area contributed by atoms with Crippen molar-refractivity contribution >= 4 is 11.8 Å². The molecule has 0 aromatic heterocycles. The van der Waals surface area contributed by atoms with E-state index in [1.54, 1.807) is 4.90 Å². The van der Waals surface area contributed by atoms with Crippen LogP contribution in [0.25, 0.3) is 0 Å². The van der Waals surface area contributed by atoms with E-state index >= 15 is 0 Å². The van der Waals surface area contributed by atoms with Crippen molar-refractivity contribution in [2.45, 2.75) is 25.6 Å². The molecule has 5 nitrogen and oxygen atoms in total. The summed E-state index contributed by atoms with van der Waals surface area (Å²) in [5.74, 6) is -0.153. The van der Waals surface area contributed by atoms with Crippen LogP contribution in [0.1, 0.15) is 16.7 Å². The molecule has 1 saturated heterocycles. The molecule has 2 aliphatic heterocycles. The number of carbonyl (C=O) groups excluding carboxylic acids is 2. The van der Waals surface area contributed by atoms with Gasteiger partial charge < -0.3 is 14.5 Å². The molecular formula is C21H22N2O3. The Morgan fingerprint density at radius 3 is 2.58 bits per heavy atom. The summed E-state index contributed by atoms with van der Waals surface area (Å²) in [6.45, 7) is 2.01. The number of rotatable bonds is 3. The molecule has 2 aromatic carbocycles. The molecule has 2 heterocycles. The van der Waals surface area contributed by atoms with E-state index in [4.69, 9.17) is 4.74 Å². The van der Waals surface area contributed by atoms with Gasteiger partial charge in [0.2, 0.25) is 11.8 Å². The van der Waals surface area contributed by atoms with Gasteiger partial charge in [-0.3, -0.25) is 9.59 Å². The van der Waals surface area contributed by atoms with Crippen LogP contribution in [0.2, 0.25) is 0 Å². The fraction of sp³-hybridized carbons (Fsp3) is 0.333. The molecule has 26 heavy (non-hydrogen) atoms. The second-order valence-corrected chi connectivity index (χ2v) is 6.82. The highest BCUT2D eigenvalue weighted by atomic mass is 16.5. The normalized spacial score (nSPS) is 20.0. The van der Waals surface area contributed by atoms with Gasteiger partial charge in [-0.15, -0.1) is 0 Å². The summed E-state index contributed by atoms with van der Waals surface area (Å²) in [7, 11) is 0. The molecule has 0 radical (unpaired) electrons. The molecule has 0 N–H and O–H groups in total. The molecule has 1 fully saturated rings. The topological polar surface area (TPSA) is 49.9 Å². The summed E-state index contributed by atoms with van der Waals surface area (Å²) in [6, 6.07) is 17.4. The molecular weight excluding hydrogens is 328 g/mol. The lowest BCUT2D eigenvalue weighted by atomic mass is 9.99. The summed E-state index contributed by atoms with van der Waals surface area (Å²) in [5, 5.41) is 0. The molecule has 0 aliphatic carbocycles. The highest BCUT2D eigenvalue weighted by Crippen LogP contribution is 2.22. The maximum absolute atomic E-state index is 13.2. The fourth-order valence-electron chi connectivity index (χ4n) is 3.68. The van der Waals surface area contributed by atoms with Crippen molar-refractivity contribution in [2.24, 2.45) is 0 Å². The Morgan fingerprint density at radius 2 is 1.77 bits per heavy atom. The summed E-state index contributed by atoms with van der Waals surface area (Å²) in [6.07, 6.45) is 0.849. The Labute approximate surface area is 153 Å². The summed E-state index contributed by atoms with van der Waals surface area (Å²) < 4.78 is 5.41. The van der Waals surface area contributed by atoms with Crippen molar-refractivity contribution in [3.63, 3.8) is 0 Å². The first-order chi connectivity index (χ1) is 12.7. The average molecular weight is 350 g/mol. The minimum atomic E-state index is -0.554. The number of hydrogen-bond donors (Lipinski definition) is 0. The van der Waals surface area contributed by atoms with Gasteiger partial charge >= 0.3 is 0 Å². The highest BCUT2D eigenvalue weighted by molar-refractivity contribution is 5.89. The number of benzene rings is 2. The number of amides is 2. The predicted octanol–water partition coefficient (Wildman–Crippen LogP) is 2.00. The largest absolute Gasteiger partial charge is 0.369 e. The van der Waals surface area contributed by atoms with Crippen LogP contribution in [-0.2, 0) is 33.8 Å². The van der Waals surface area contributed by atoms with Gasteiger partial charge in [0.05, 0.1) is 6.61 Å². The molecule has 2 aromatic rings. The Balaban J connectivity index is 1.52. The van der Waals surface area contributed by atoms with Crippen molar-refractivity contribution in [3.05, 3.63) is 71.3 Å². The number of ether oxygens (including phenoxy) is 1. The standard InChI is InChI=1S/C21H22N2O3/c24-20-15-26-14-19(23(20)12-16-6-2-1-3-7-16)21(25)22-11-10-17-8-4-5-9-18(17)13-22/h1-9,19H,10-15H2/t19-/m0/s1. The third-order valence-corrected chi connectivity index (χ3v) is 5.12. The van der Waals surface area contributed by atoms with E-state index in [1.807, 2.05) is 47.4 Å². The molecule has 2 amide bonds. The minimum absolute atomic E-state index is 0.0246. The van der Waals surface area contributed by atoms with Gasteiger partial charge in [-0.05, 0) is 23.1 Å². The van der Waals surface area contributed by atoms with Gasteiger partial charge in [0.25, 0.3) is 0 Å². The Hall–Kier alpha value is -2.66. The lowest BCUT2D eigenvalue weighted by Gasteiger charge is -2.39. The van der Waals surface area contributed by atoms with E-state index in [9.17, 15) is 9.59 Å². The van der Waals surface area contributed by atoms with Crippen LogP contribution in [0.3, 0.4) is 0 Å². The monoisotopic (exact) mass is 350 g/mol. The summed E-state index contributed by atoms with van der Waals surface area (Å²) in [4.78, 5) is 29.1. The first-order valence-electron chi connectivity index (χ1n) is 8.99. The fourth-order valence-corrected chi connectivity index (χ4v) is 3.68. The van der Waals surface area contributed by atoms with Gasteiger partial charge in [0.1, 0.15) is 12.6 Å². The van der Waals surface area contributed by atoms with Gasteiger partial charge in [-0.2, -0.15) is 0 Å². The van der Waals surface area contributed by atoms with Crippen molar-refractivity contribution in [2.75, 3.05) is 19.8 Å². The molecule has 4 rings (SSSR count). The lowest BCUT2D eigenvalue weighted by Crippen LogP contribution is -2.57. The number of morpholine rings is 1. The molecule has 1 atom stereocenters. The first kappa shape index (κ1) is 16.8. The minimum Gasteiger partial charge on any atom is -0.369 e. The zero-order chi connectivity index (χ0) is 17.9. The van der Waals surface area contributed by atoms with Crippen LogP contribution in [0.15, 0.2) is 54.6 Å². The highest BCUT2D eigenvalue weighted by Gasteiger charge is 2.37. The molecule has 0 spiro atoms. The summed E-state index contributed by atoms with van der Waals surface area (Å²) in [5.41, 5.74) is 3.50. The van der Waals surface area contributed by atoms with E-state index in [0.717, 1.165) is 12.0 Å². The first-order valence-corrected chi connectivity index (χ1v) is 8.99. The molecule has 0 saturated carbocycles. The second kappa shape index (κ2) is 7.30. The smallest absolute Gasteiger partial charge is 0.249 e. The predicted molar refractivity (Wildman–Crippen MR) is 97.2 cm³/mol. The van der Waals surface area contributed by atoms with Crippen LogP contribution in [0.4, 0.5) is 0 Å². The molecule has 2 aliphatic rings. The zero-order valence-electron chi connectivity index (χ0n) is 14.6. The third-order valence-electron chi connectivity index (χ3n) is 5.12. The number of hydrogen-bond acceptors (Lipinski definition) is 3. The summed E-state index contributed by atoms with van der Waals surface area (Å²) >= 11 is 0. The maximum atomic E-state index is 13.2. The van der Waals surface area contributed by atoms with Gasteiger partial charge in [0.15, 0.2) is 0 Å². The third kappa shape index (κ3) is 3.35. The van der Waals surface area contributed by atoms with Crippen LogP contribution in [-0.4, -0.2) is 47.4 Å². The van der Waals surface area contributed by atoms with E-state index in [0.29, 0.717) is 19.6 Å². The van der Waals surface area contributed by atoms with E-state index in [1.165, 1.54) is 11.1 Å². The number of fused-ring (bicyclic) bond motifs is 1. The zero-order valence-corrected chi connectivity index (χ0v) is 14.6. The Morgan fingerprint density at radius 1 is 1.04 bits per heavy atom. The molecule has 0 bridgehead atoms. The van der Waals surface area contributed by atoms with Crippen LogP contribution in [0, 0.1) is 0 Å². The van der Waals surface area contributed by atoms with Gasteiger partial charge in [-0.25, -0.2) is 0 Å². The number of nitrogens with zero attached hydrogens (tertiary/aromatic N) is 2. The SMILES string of the molecule is O=C([C@@H]1COCC(=O)N1Cc1ccccc1)N1CCc2ccccc2C1. The van der Waals surface area contributed by atoms with E-state index in [-0.39, 0.29) is 25.0 Å². The molecule has 134 valence electrons. The lowest BCUT2D eigenvalue weighted by molar-refractivity contribution is -0.160. The second-order valence-electron chi connectivity index (χ2n) is 6.82.